The fourth-order valence-corrected chi connectivity index (χ4v) is 7.19. The smallest absolute Gasteiger partial charge is 0.330 e. The van der Waals surface area contributed by atoms with Crippen LogP contribution in [0.2, 0.25) is 0 Å². The first-order valence-electron chi connectivity index (χ1n) is 15.8. The first-order valence-corrected chi connectivity index (χ1v) is 17.5. The molecule has 0 spiro atoms. The zero-order valence-electron chi connectivity index (χ0n) is 28.4. The summed E-state index contributed by atoms with van der Waals surface area (Å²) in [5, 5.41) is 3.45. The molecule has 0 fully saturated rings. The van der Waals surface area contributed by atoms with Gasteiger partial charge in [-0.05, 0) is 83.1 Å². The van der Waals surface area contributed by atoms with E-state index in [1.165, 1.54) is 29.6 Å². The van der Waals surface area contributed by atoms with Crippen LogP contribution in [0.25, 0.3) is 0 Å². The number of carbonyl (C=O) groups is 3. The molecule has 0 saturated carbocycles. The lowest BCUT2D eigenvalue weighted by atomic mass is 9.82. The van der Waals surface area contributed by atoms with Crippen LogP contribution in [0.3, 0.4) is 0 Å². The number of fused-ring (bicyclic) bond motifs is 2. The second-order valence-corrected chi connectivity index (χ2v) is 15.1. The van der Waals surface area contributed by atoms with Gasteiger partial charge < -0.3 is 10.1 Å². The Morgan fingerprint density at radius 1 is 0.771 bits per heavy atom. The molecule has 0 bridgehead atoms. The molecule has 0 saturated heterocycles. The first-order chi connectivity index (χ1) is 22.9. The van der Waals surface area contributed by atoms with Gasteiger partial charge in [-0.1, -0.05) is 78.8 Å². The van der Waals surface area contributed by atoms with Crippen LogP contribution in [0.1, 0.15) is 77.6 Å². The van der Waals surface area contributed by atoms with Crippen LogP contribution in [0.15, 0.2) is 110 Å². The highest BCUT2D eigenvalue weighted by atomic mass is 32.2. The van der Waals surface area contributed by atoms with Crippen LogP contribution >= 0.6 is 23.5 Å². The third-order valence-electron chi connectivity index (χ3n) is 7.73. The number of hydrogen-bond acceptors (Lipinski definition) is 8. The van der Waals surface area contributed by atoms with E-state index in [9.17, 15) is 14.4 Å². The summed E-state index contributed by atoms with van der Waals surface area (Å²) in [4.78, 5) is 49.8. The van der Waals surface area contributed by atoms with Crippen LogP contribution in [0.5, 0.6) is 0 Å². The van der Waals surface area contributed by atoms with Crippen LogP contribution in [-0.4, -0.2) is 36.4 Å². The third-order valence-corrected chi connectivity index (χ3v) is 9.86. The minimum Gasteiger partial charge on any atom is -0.462 e. The van der Waals surface area contributed by atoms with Gasteiger partial charge in [0.1, 0.15) is 0 Å². The Labute approximate surface area is 291 Å². The van der Waals surface area contributed by atoms with Crippen molar-refractivity contribution in [2.24, 2.45) is 10.4 Å². The molecule has 0 aliphatic heterocycles. The number of carbonyl (C=O) groups excluding carboxylic acids is 3. The Kier molecular flexibility index (Phi) is 10.8. The van der Waals surface area contributed by atoms with Crippen molar-refractivity contribution in [3.63, 3.8) is 0 Å². The van der Waals surface area contributed by atoms with E-state index < -0.39 is 11.4 Å². The number of hydrogen-bond donors (Lipinski definition) is 1. The lowest BCUT2D eigenvalue weighted by Gasteiger charge is -2.28. The van der Waals surface area contributed by atoms with Crippen molar-refractivity contribution in [3.8, 4) is 0 Å². The van der Waals surface area contributed by atoms with Crippen LogP contribution < -0.4 is 5.32 Å². The topological polar surface area (TPSA) is 84.8 Å². The fourth-order valence-electron chi connectivity index (χ4n) is 5.28. The van der Waals surface area contributed by atoms with E-state index in [4.69, 9.17) is 9.73 Å². The molecule has 0 amide bonds. The highest BCUT2D eigenvalue weighted by molar-refractivity contribution is 7.99. The number of ketones is 2. The maximum absolute atomic E-state index is 14.9. The largest absolute Gasteiger partial charge is 0.462 e. The number of benzene rings is 4. The molecular weight excluding hydrogens is 637 g/mol. The molecular formula is C40H40N2O4S2. The zero-order valence-corrected chi connectivity index (χ0v) is 30.0. The second kappa shape index (κ2) is 14.8. The van der Waals surface area contributed by atoms with E-state index in [2.05, 4.69) is 5.32 Å². The predicted octanol–water partition coefficient (Wildman–Crippen LogP) is 10.1. The Morgan fingerprint density at radius 3 is 1.83 bits per heavy atom. The molecule has 246 valence electrons. The SMILES string of the molecule is CC=CC(=O)OCC(C)(C)CNc1ccc(Sc2ccc(C)cc2)c2c1C(=O)c1c(Sc3ccc(C)cc3)ccc(N=C(C)C)c1C2=O. The fraction of sp³-hybridized carbons (Fsp3) is 0.250. The van der Waals surface area contributed by atoms with Crippen molar-refractivity contribution in [2.45, 2.75) is 68.0 Å². The maximum Gasteiger partial charge on any atom is 0.330 e. The second-order valence-electron chi connectivity index (χ2n) is 12.9. The average molecular weight is 677 g/mol. The van der Waals surface area contributed by atoms with Gasteiger partial charge in [0.15, 0.2) is 11.6 Å². The highest BCUT2D eigenvalue weighted by Crippen LogP contribution is 2.46. The van der Waals surface area contributed by atoms with Crippen molar-refractivity contribution >= 4 is 58.1 Å². The number of nitrogens with one attached hydrogen (secondary N) is 1. The number of esters is 1. The molecule has 0 heterocycles. The first kappa shape index (κ1) is 34.9. The molecule has 4 aromatic carbocycles. The van der Waals surface area contributed by atoms with Crippen LogP contribution in [-0.2, 0) is 9.53 Å². The molecule has 4 aromatic rings. The van der Waals surface area contributed by atoms with E-state index >= 15 is 0 Å². The molecule has 6 nitrogen and oxygen atoms in total. The van der Waals surface area contributed by atoms with Crippen molar-refractivity contribution in [1.82, 2.24) is 0 Å². The van der Waals surface area contributed by atoms with E-state index in [1.807, 2.05) is 114 Å². The predicted molar refractivity (Wildman–Crippen MR) is 197 cm³/mol. The van der Waals surface area contributed by atoms with Crippen molar-refractivity contribution in [1.29, 1.82) is 0 Å². The minimum absolute atomic E-state index is 0.178. The Balaban J connectivity index is 1.64. The number of nitrogens with zero attached hydrogens (tertiary/aromatic N) is 1. The quantitative estimate of drug-likeness (QED) is 0.0847. The van der Waals surface area contributed by atoms with E-state index in [1.54, 1.807) is 13.0 Å². The van der Waals surface area contributed by atoms with Crippen molar-refractivity contribution in [3.05, 3.63) is 118 Å². The van der Waals surface area contributed by atoms with Gasteiger partial charge in [0.25, 0.3) is 0 Å². The standard InChI is InChI=1S/C40H40N2O4S2/c1-8-9-33(43)46-23-40(6,7)22-41-29-18-20-31(47-27-14-10-25(4)11-15-27)36-34(29)38(44)37-32(48-28-16-12-26(5)13-17-28)21-19-30(42-24(2)3)35(37)39(36)45/h8-21,41H,22-23H2,1-7H3. The zero-order chi connectivity index (χ0) is 34.6. The number of aliphatic imine (C=N–C) groups is 1. The molecule has 1 aliphatic rings. The average Bonchev–Trinajstić information content (AvgIpc) is 3.04. The summed E-state index contributed by atoms with van der Waals surface area (Å²) in [7, 11) is 0. The van der Waals surface area contributed by atoms with Gasteiger partial charge in [0.05, 0.1) is 23.4 Å². The Hall–Kier alpha value is -4.40. The Bertz CT molecular complexity index is 1940. The normalized spacial score (nSPS) is 12.5. The maximum atomic E-state index is 14.9. The van der Waals surface area contributed by atoms with Gasteiger partial charge in [-0.25, -0.2) is 4.79 Å². The van der Waals surface area contributed by atoms with E-state index in [0.29, 0.717) is 50.0 Å². The molecule has 0 radical (unpaired) electrons. The molecule has 8 heteroatoms. The molecule has 5 rings (SSSR count). The summed E-state index contributed by atoms with van der Waals surface area (Å²) < 4.78 is 5.45. The molecule has 0 unspecified atom stereocenters. The number of ether oxygens (including phenoxy) is 1. The van der Waals surface area contributed by atoms with Crippen LogP contribution in [0.4, 0.5) is 11.4 Å². The molecule has 1 N–H and O–H groups in total. The lowest BCUT2D eigenvalue weighted by molar-refractivity contribution is -0.140. The number of aryl methyl sites for hydroxylation is 2. The van der Waals surface area contributed by atoms with E-state index in [-0.39, 0.29) is 18.2 Å². The van der Waals surface area contributed by atoms with Gasteiger partial charge >= 0.3 is 5.97 Å². The summed E-state index contributed by atoms with van der Waals surface area (Å²) in [5.74, 6) is -0.868. The van der Waals surface area contributed by atoms with Gasteiger partial charge in [-0.2, -0.15) is 0 Å². The summed E-state index contributed by atoms with van der Waals surface area (Å²) >= 11 is 2.92. The van der Waals surface area contributed by atoms with Crippen molar-refractivity contribution < 1.29 is 19.1 Å². The molecule has 48 heavy (non-hydrogen) atoms. The Morgan fingerprint density at radius 2 is 1.29 bits per heavy atom. The number of anilines is 1. The molecule has 0 aromatic heterocycles. The van der Waals surface area contributed by atoms with Crippen molar-refractivity contribution in [2.75, 3.05) is 18.5 Å². The minimum atomic E-state index is -0.466. The van der Waals surface area contributed by atoms with E-state index in [0.717, 1.165) is 26.6 Å². The molecule has 1 aliphatic carbocycles. The summed E-state index contributed by atoms with van der Waals surface area (Å²) in [5.41, 5.74) is 5.02. The summed E-state index contributed by atoms with van der Waals surface area (Å²) in [6.45, 7) is 14.1. The van der Waals surface area contributed by atoms with Crippen LogP contribution in [0, 0.1) is 19.3 Å². The lowest BCUT2D eigenvalue weighted by Crippen LogP contribution is -2.31. The number of allylic oxidation sites excluding steroid dienone is 1. The summed E-state index contributed by atoms with van der Waals surface area (Å²) in [6.07, 6.45) is 3.02. The van der Waals surface area contributed by atoms with Gasteiger partial charge in [-0.15, -0.1) is 0 Å². The number of rotatable bonds is 11. The van der Waals surface area contributed by atoms with Gasteiger partial charge in [0, 0.05) is 60.1 Å². The third kappa shape index (κ3) is 8.00. The van der Waals surface area contributed by atoms with Gasteiger partial charge in [0.2, 0.25) is 0 Å². The summed E-state index contributed by atoms with van der Waals surface area (Å²) in [6, 6.07) is 23.7. The monoisotopic (exact) mass is 676 g/mol. The highest BCUT2D eigenvalue weighted by Gasteiger charge is 2.38. The molecule has 0 atom stereocenters. The van der Waals surface area contributed by atoms with Gasteiger partial charge in [-0.3, -0.25) is 14.6 Å².